The van der Waals surface area contributed by atoms with Gasteiger partial charge in [0.05, 0.1) is 0 Å². The SMILES string of the molecule is O=C(OC1CCCCC1)c1csc(N2CCCCC2)n1. The highest BCUT2D eigenvalue weighted by Gasteiger charge is 2.22. The fourth-order valence-electron chi connectivity index (χ4n) is 2.98. The molecule has 3 rings (SSSR count). The van der Waals surface area contributed by atoms with Crippen molar-refractivity contribution in [1.82, 2.24) is 4.98 Å². The molecule has 0 bridgehead atoms. The van der Waals surface area contributed by atoms with Crippen LogP contribution in [0.3, 0.4) is 0 Å². The van der Waals surface area contributed by atoms with Crippen LogP contribution in [0, 0.1) is 0 Å². The highest BCUT2D eigenvalue weighted by atomic mass is 32.1. The molecule has 1 saturated heterocycles. The molecule has 1 aromatic rings. The lowest BCUT2D eigenvalue weighted by Gasteiger charge is -2.25. The molecule has 20 heavy (non-hydrogen) atoms. The summed E-state index contributed by atoms with van der Waals surface area (Å²) in [4.78, 5) is 18.9. The Balaban J connectivity index is 1.58. The van der Waals surface area contributed by atoms with Crippen LogP contribution in [0.2, 0.25) is 0 Å². The van der Waals surface area contributed by atoms with Crippen molar-refractivity contribution in [1.29, 1.82) is 0 Å². The second kappa shape index (κ2) is 6.57. The maximum atomic E-state index is 12.1. The Hall–Kier alpha value is -1.10. The summed E-state index contributed by atoms with van der Waals surface area (Å²) < 4.78 is 5.56. The minimum Gasteiger partial charge on any atom is -0.458 e. The molecule has 0 aromatic carbocycles. The van der Waals surface area contributed by atoms with Crippen LogP contribution in [0.25, 0.3) is 0 Å². The van der Waals surface area contributed by atoms with Crippen molar-refractivity contribution < 1.29 is 9.53 Å². The summed E-state index contributed by atoms with van der Waals surface area (Å²) in [6.07, 6.45) is 9.49. The van der Waals surface area contributed by atoms with E-state index < -0.39 is 0 Å². The Morgan fingerprint density at radius 3 is 2.60 bits per heavy atom. The minimum atomic E-state index is -0.239. The zero-order valence-electron chi connectivity index (χ0n) is 11.8. The number of nitrogens with zero attached hydrogens (tertiary/aromatic N) is 2. The van der Waals surface area contributed by atoms with Crippen molar-refractivity contribution >= 4 is 22.4 Å². The van der Waals surface area contributed by atoms with Crippen molar-refractivity contribution in [2.24, 2.45) is 0 Å². The van der Waals surface area contributed by atoms with Gasteiger partial charge in [-0.3, -0.25) is 0 Å². The standard InChI is InChI=1S/C15H22N2O2S/c18-14(19-12-7-3-1-4-8-12)13-11-20-15(16-13)17-9-5-2-6-10-17/h11-12H,1-10H2. The molecule has 4 nitrogen and oxygen atoms in total. The first-order valence-corrected chi connectivity index (χ1v) is 8.62. The normalized spacial score (nSPS) is 20.9. The fourth-order valence-corrected chi connectivity index (χ4v) is 3.83. The molecule has 0 atom stereocenters. The molecule has 1 aromatic heterocycles. The Morgan fingerprint density at radius 1 is 1.15 bits per heavy atom. The summed E-state index contributed by atoms with van der Waals surface area (Å²) >= 11 is 1.56. The molecule has 2 aliphatic rings. The highest BCUT2D eigenvalue weighted by molar-refractivity contribution is 7.13. The van der Waals surface area contributed by atoms with Gasteiger partial charge >= 0.3 is 5.97 Å². The number of hydrogen-bond acceptors (Lipinski definition) is 5. The van der Waals surface area contributed by atoms with Crippen molar-refractivity contribution in [3.63, 3.8) is 0 Å². The molecule has 1 aliphatic heterocycles. The summed E-state index contributed by atoms with van der Waals surface area (Å²) in [5.74, 6) is -0.239. The summed E-state index contributed by atoms with van der Waals surface area (Å²) in [7, 11) is 0. The van der Waals surface area contributed by atoms with Crippen molar-refractivity contribution in [3.8, 4) is 0 Å². The summed E-state index contributed by atoms with van der Waals surface area (Å²) in [5, 5.41) is 2.81. The molecule has 0 N–H and O–H groups in total. The largest absolute Gasteiger partial charge is 0.458 e. The van der Waals surface area contributed by atoms with E-state index in [0.717, 1.165) is 31.1 Å². The van der Waals surface area contributed by atoms with Gasteiger partial charge in [0, 0.05) is 18.5 Å². The summed E-state index contributed by atoms with van der Waals surface area (Å²) in [6, 6.07) is 0. The fraction of sp³-hybridized carbons (Fsp3) is 0.733. The Bertz CT molecular complexity index is 448. The Morgan fingerprint density at radius 2 is 1.85 bits per heavy atom. The lowest BCUT2D eigenvalue weighted by molar-refractivity contribution is 0.0205. The summed E-state index contributed by atoms with van der Waals surface area (Å²) in [5.41, 5.74) is 0.487. The van der Waals surface area contributed by atoms with Crippen LogP contribution in [0.15, 0.2) is 5.38 Å². The lowest BCUT2D eigenvalue weighted by atomic mass is 9.98. The van der Waals surface area contributed by atoms with E-state index in [9.17, 15) is 4.79 Å². The van der Waals surface area contributed by atoms with Crippen LogP contribution in [0.5, 0.6) is 0 Å². The van der Waals surface area contributed by atoms with Crippen molar-refractivity contribution in [3.05, 3.63) is 11.1 Å². The van der Waals surface area contributed by atoms with Gasteiger partial charge in [0.1, 0.15) is 6.10 Å². The van der Waals surface area contributed by atoms with E-state index in [4.69, 9.17) is 4.74 Å². The molecule has 2 heterocycles. The maximum absolute atomic E-state index is 12.1. The smallest absolute Gasteiger partial charge is 0.358 e. The van der Waals surface area contributed by atoms with Crippen LogP contribution < -0.4 is 4.90 Å². The molecule has 0 unspecified atom stereocenters. The number of aromatic nitrogens is 1. The molecule has 1 saturated carbocycles. The van der Waals surface area contributed by atoms with Gasteiger partial charge in [0.2, 0.25) is 0 Å². The number of esters is 1. The van der Waals surface area contributed by atoms with E-state index in [2.05, 4.69) is 9.88 Å². The predicted molar refractivity (Wildman–Crippen MR) is 80.5 cm³/mol. The average Bonchev–Trinajstić information content (AvgIpc) is 2.99. The molecular weight excluding hydrogens is 272 g/mol. The highest BCUT2D eigenvalue weighted by Crippen LogP contribution is 2.26. The van der Waals surface area contributed by atoms with Gasteiger partial charge in [0.15, 0.2) is 10.8 Å². The van der Waals surface area contributed by atoms with Crippen LogP contribution in [0.1, 0.15) is 61.9 Å². The van der Waals surface area contributed by atoms with Gasteiger partial charge in [-0.1, -0.05) is 6.42 Å². The maximum Gasteiger partial charge on any atom is 0.358 e. The average molecular weight is 294 g/mol. The van der Waals surface area contributed by atoms with Gasteiger partial charge in [-0.25, -0.2) is 9.78 Å². The van der Waals surface area contributed by atoms with Crippen molar-refractivity contribution in [2.45, 2.75) is 57.5 Å². The first-order valence-electron chi connectivity index (χ1n) is 7.74. The quantitative estimate of drug-likeness (QED) is 0.798. The van der Waals surface area contributed by atoms with E-state index >= 15 is 0 Å². The molecule has 1 aliphatic carbocycles. The number of hydrogen-bond donors (Lipinski definition) is 0. The summed E-state index contributed by atoms with van der Waals surface area (Å²) in [6.45, 7) is 2.12. The lowest BCUT2D eigenvalue weighted by Crippen LogP contribution is -2.29. The van der Waals surface area contributed by atoms with Gasteiger partial charge in [-0.05, 0) is 44.9 Å². The topological polar surface area (TPSA) is 42.4 Å². The van der Waals surface area contributed by atoms with E-state index in [0.29, 0.717) is 5.69 Å². The third-order valence-corrected chi connectivity index (χ3v) is 5.06. The van der Waals surface area contributed by atoms with Gasteiger partial charge in [-0.2, -0.15) is 0 Å². The van der Waals surface area contributed by atoms with E-state index in [1.165, 1.54) is 38.5 Å². The first-order chi connectivity index (χ1) is 9.83. The molecule has 110 valence electrons. The monoisotopic (exact) mass is 294 g/mol. The predicted octanol–water partition coefficient (Wildman–Crippen LogP) is 3.62. The number of carbonyl (C=O) groups excluding carboxylic acids is 1. The number of anilines is 1. The number of ether oxygens (including phenoxy) is 1. The molecule has 0 spiro atoms. The minimum absolute atomic E-state index is 0.108. The van der Waals surface area contributed by atoms with Gasteiger partial charge in [-0.15, -0.1) is 11.3 Å². The van der Waals surface area contributed by atoms with Gasteiger partial charge in [0.25, 0.3) is 0 Å². The molecule has 0 radical (unpaired) electrons. The van der Waals surface area contributed by atoms with Crippen LogP contribution in [0.4, 0.5) is 5.13 Å². The number of carbonyl (C=O) groups is 1. The Kier molecular flexibility index (Phi) is 4.55. The molecule has 2 fully saturated rings. The van der Waals surface area contributed by atoms with Gasteiger partial charge < -0.3 is 9.64 Å². The van der Waals surface area contributed by atoms with Crippen molar-refractivity contribution in [2.75, 3.05) is 18.0 Å². The van der Waals surface area contributed by atoms with E-state index in [-0.39, 0.29) is 12.1 Å². The van der Waals surface area contributed by atoms with E-state index in [1.54, 1.807) is 11.3 Å². The van der Waals surface area contributed by atoms with Crippen LogP contribution >= 0.6 is 11.3 Å². The molecule has 0 amide bonds. The van der Waals surface area contributed by atoms with Crippen LogP contribution in [-0.2, 0) is 4.74 Å². The third kappa shape index (κ3) is 3.32. The number of rotatable bonds is 3. The zero-order valence-corrected chi connectivity index (χ0v) is 12.7. The van der Waals surface area contributed by atoms with Crippen LogP contribution in [-0.4, -0.2) is 30.1 Å². The zero-order chi connectivity index (χ0) is 13.8. The van der Waals surface area contributed by atoms with E-state index in [1.807, 2.05) is 5.38 Å². The third-order valence-electron chi connectivity index (χ3n) is 4.15. The first kappa shape index (κ1) is 13.9. The molecular formula is C15H22N2O2S. The second-order valence-electron chi connectivity index (χ2n) is 5.73. The number of thiazole rings is 1. The Labute approximate surface area is 124 Å². The molecule has 5 heteroatoms. The number of piperidine rings is 1. The second-order valence-corrected chi connectivity index (χ2v) is 6.56.